The zero-order valence-corrected chi connectivity index (χ0v) is 8.29. The smallest absolute Gasteiger partial charge is 0.310 e. The molecule has 12 heavy (non-hydrogen) atoms. The Hall–Kier alpha value is -0.570. The van der Waals surface area contributed by atoms with Gasteiger partial charge in [0.2, 0.25) is 0 Å². The van der Waals surface area contributed by atoms with Gasteiger partial charge < -0.3 is 10.8 Å². The summed E-state index contributed by atoms with van der Waals surface area (Å²) >= 11 is 0. The zero-order chi connectivity index (χ0) is 9.94. The Labute approximate surface area is 74.0 Å². The molecule has 3 nitrogen and oxygen atoms in total. The van der Waals surface area contributed by atoms with E-state index in [1.807, 2.05) is 13.8 Å². The van der Waals surface area contributed by atoms with Crippen molar-refractivity contribution in [2.75, 3.05) is 0 Å². The predicted octanol–water partition coefficient (Wildman–Crippen LogP) is 1.47. The van der Waals surface area contributed by atoms with Crippen molar-refractivity contribution in [1.29, 1.82) is 0 Å². The number of carbonyl (C=O) groups is 1. The van der Waals surface area contributed by atoms with Crippen molar-refractivity contribution in [2.24, 2.45) is 17.1 Å². The van der Waals surface area contributed by atoms with Crippen molar-refractivity contribution in [1.82, 2.24) is 0 Å². The van der Waals surface area contributed by atoms with E-state index in [9.17, 15) is 4.79 Å². The summed E-state index contributed by atoms with van der Waals surface area (Å²) in [5, 5.41) is 8.84. The molecule has 0 heterocycles. The van der Waals surface area contributed by atoms with Crippen molar-refractivity contribution in [3.05, 3.63) is 0 Å². The highest BCUT2D eigenvalue weighted by Gasteiger charge is 2.34. The van der Waals surface area contributed by atoms with E-state index in [2.05, 4.69) is 0 Å². The normalized spacial score (nSPS) is 14.8. The van der Waals surface area contributed by atoms with E-state index in [0.717, 1.165) is 6.42 Å². The minimum Gasteiger partial charge on any atom is -0.481 e. The Kier molecular flexibility index (Phi) is 3.71. The maximum atomic E-state index is 10.8. The lowest BCUT2D eigenvalue weighted by molar-refractivity contribution is -0.148. The molecule has 0 saturated carbocycles. The third kappa shape index (κ3) is 2.81. The minimum absolute atomic E-state index is 0.269. The lowest BCUT2D eigenvalue weighted by atomic mass is 9.81. The summed E-state index contributed by atoms with van der Waals surface area (Å²) in [7, 11) is 0. The lowest BCUT2D eigenvalue weighted by Gasteiger charge is -2.28. The van der Waals surface area contributed by atoms with Crippen LogP contribution < -0.4 is 5.73 Å². The first-order valence-electron chi connectivity index (χ1n) is 4.27. The minimum atomic E-state index is -0.823. The molecule has 3 heteroatoms. The van der Waals surface area contributed by atoms with Crippen LogP contribution in [0.5, 0.6) is 0 Å². The van der Waals surface area contributed by atoms with Gasteiger partial charge in [0.15, 0.2) is 0 Å². The van der Waals surface area contributed by atoms with Gasteiger partial charge in [-0.1, -0.05) is 13.8 Å². The zero-order valence-electron chi connectivity index (χ0n) is 8.29. The van der Waals surface area contributed by atoms with E-state index in [1.165, 1.54) is 0 Å². The highest BCUT2D eigenvalue weighted by Crippen LogP contribution is 2.23. The molecular weight excluding hydrogens is 154 g/mol. The van der Waals surface area contributed by atoms with Gasteiger partial charge in [0.05, 0.1) is 5.41 Å². The molecule has 3 N–H and O–H groups in total. The Morgan fingerprint density at radius 2 is 1.92 bits per heavy atom. The molecule has 0 aliphatic carbocycles. The van der Waals surface area contributed by atoms with Crippen molar-refractivity contribution in [2.45, 2.75) is 40.2 Å². The van der Waals surface area contributed by atoms with Gasteiger partial charge in [-0.25, -0.2) is 0 Å². The molecule has 0 saturated heterocycles. The summed E-state index contributed by atoms with van der Waals surface area (Å²) in [4.78, 5) is 10.8. The Bertz CT molecular complexity index is 164. The molecule has 0 radical (unpaired) electrons. The third-order valence-electron chi connectivity index (χ3n) is 2.20. The maximum Gasteiger partial charge on any atom is 0.310 e. The molecule has 0 spiro atoms. The van der Waals surface area contributed by atoms with Crippen LogP contribution in [-0.4, -0.2) is 17.1 Å². The van der Waals surface area contributed by atoms with Crippen molar-refractivity contribution in [3.8, 4) is 0 Å². The van der Waals surface area contributed by atoms with Crippen LogP contribution in [0.4, 0.5) is 0 Å². The predicted molar refractivity (Wildman–Crippen MR) is 48.8 cm³/mol. The fourth-order valence-electron chi connectivity index (χ4n) is 0.961. The van der Waals surface area contributed by atoms with Crippen LogP contribution in [0.1, 0.15) is 34.1 Å². The number of carboxylic acid groups (broad SMARTS) is 1. The molecule has 0 aromatic carbocycles. The lowest BCUT2D eigenvalue weighted by Crippen LogP contribution is -2.43. The van der Waals surface area contributed by atoms with Crippen LogP contribution >= 0.6 is 0 Å². The number of nitrogens with two attached hydrogens (primary N) is 1. The SMILES string of the molecule is CC(C)C[C@H](N)C(C)(C)C(=O)O. The first-order chi connectivity index (χ1) is 5.28. The number of aliphatic carboxylic acids is 1. The van der Waals surface area contributed by atoms with Gasteiger partial charge in [-0.05, 0) is 26.2 Å². The molecule has 0 amide bonds. The summed E-state index contributed by atoms with van der Waals surface area (Å²) < 4.78 is 0. The molecule has 0 bridgehead atoms. The molecule has 1 atom stereocenters. The largest absolute Gasteiger partial charge is 0.481 e. The molecule has 72 valence electrons. The first kappa shape index (κ1) is 11.4. The van der Waals surface area contributed by atoms with Crippen LogP contribution in [0.15, 0.2) is 0 Å². The van der Waals surface area contributed by atoms with E-state index in [0.29, 0.717) is 5.92 Å². The van der Waals surface area contributed by atoms with Gasteiger partial charge in [0.25, 0.3) is 0 Å². The van der Waals surface area contributed by atoms with Crippen molar-refractivity contribution < 1.29 is 9.90 Å². The van der Waals surface area contributed by atoms with Crippen LogP contribution in [-0.2, 0) is 4.79 Å². The van der Waals surface area contributed by atoms with Gasteiger partial charge in [0, 0.05) is 6.04 Å². The molecular formula is C9H19NO2. The second-order valence-electron chi connectivity index (χ2n) is 4.26. The van der Waals surface area contributed by atoms with E-state index < -0.39 is 11.4 Å². The molecule has 0 aliphatic heterocycles. The van der Waals surface area contributed by atoms with E-state index in [-0.39, 0.29) is 6.04 Å². The highest BCUT2D eigenvalue weighted by atomic mass is 16.4. The summed E-state index contributed by atoms with van der Waals surface area (Å²) in [6.45, 7) is 7.42. The average molecular weight is 173 g/mol. The number of hydrogen-bond donors (Lipinski definition) is 2. The number of hydrogen-bond acceptors (Lipinski definition) is 2. The summed E-state index contributed by atoms with van der Waals surface area (Å²) in [5.74, 6) is -0.380. The summed E-state index contributed by atoms with van der Waals surface area (Å²) in [6.07, 6.45) is 0.749. The topological polar surface area (TPSA) is 63.3 Å². The third-order valence-corrected chi connectivity index (χ3v) is 2.20. The number of carboxylic acids is 1. The van der Waals surface area contributed by atoms with Crippen LogP contribution in [0, 0.1) is 11.3 Å². The monoisotopic (exact) mass is 173 g/mol. The second-order valence-corrected chi connectivity index (χ2v) is 4.26. The van der Waals surface area contributed by atoms with Crippen LogP contribution in [0.25, 0.3) is 0 Å². The maximum absolute atomic E-state index is 10.8. The highest BCUT2D eigenvalue weighted by molar-refractivity contribution is 5.74. The fraction of sp³-hybridized carbons (Fsp3) is 0.889. The van der Waals surface area contributed by atoms with Crippen molar-refractivity contribution in [3.63, 3.8) is 0 Å². The van der Waals surface area contributed by atoms with Gasteiger partial charge in [-0.2, -0.15) is 0 Å². The molecule has 0 fully saturated rings. The average Bonchev–Trinajstić information content (AvgIpc) is 1.85. The quantitative estimate of drug-likeness (QED) is 0.676. The second kappa shape index (κ2) is 3.90. The van der Waals surface area contributed by atoms with E-state index >= 15 is 0 Å². The molecule has 0 aromatic heterocycles. The summed E-state index contributed by atoms with van der Waals surface area (Å²) in [5.41, 5.74) is 4.96. The molecule has 0 aromatic rings. The van der Waals surface area contributed by atoms with Crippen molar-refractivity contribution >= 4 is 5.97 Å². The van der Waals surface area contributed by atoms with Crippen LogP contribution in [0.2, 0.25) is 0 Å². The Balaban J connectivity index is 4.25. The van der Waals surface area contributed by atoms with E-state index in [4.69, 9.17) is 10.8 Å². The molecule has 0 unspecified atom stereocenters. The van der Waals surface area contributed by atoms with Gasteiger partial charge in [-0.3, -0.25) is 4.79 Å². The Morgan fingerprint density at radius 1 is 1.50 bits per heavy atom. The first-order valence-corrected chi connectivity index (χ1v) is 4.27. The van der Waals surface area contributed by atoms with E-state index in [1.54, 1.807) is 13.8 Å². The molecule has 0 rings (SSSR count). The molecule has 0 aliphatic rings. The van der Waals surface area contributed by atoms with Gasteiger partial charge in [0.1, 0.15) is 0 Å². The number of rotatable bonds is 4. The van der Waals surface area contributed by atoms with Crippen LogP contribution in [0.3, 0.4) is 0 Å². The summed E-state index contributed by atoms with van der Waals surface area (Å²) in [6, 6.07) is -0.269. The Morgan fingerprint density at radius 3 is 2.17 bits per heavy atom. The fourth-order valence-corrected chi connectivity index (χ4v) is 0.961. The standard InChI is InChI=1S/C9H19NO2/c1-6(2)5-7(10)9(3,4)8(11)12/h6-7H,5,10H2,1-4H3,(H,11,12)/t7-/m0/s1. The van der Waals surface area contributed by atoms with Gasteiger partial charge >= 0.3 is 5.97 Å². The van der Waals surface area contributed by atoms with Gasteiger partial charge in [-0.15, -0.1) is 0 Å².